The van der Waals surface area contributed by atoms with Gasteiger partial charge in [-0.1, -0.05) is 60.1 Å². The average Bonchev–Trinajstić information content (AvgIpc) is 2.95. The van der Waals surface area contributed by atoms with E-state index in [1.807, 2.05) is 0 Å². The fourth-order valence-corrected chi connectivity index (χ4v) is 12.6. The summed E-state index contributed by atoms with van der Waals surface area (Å²) in [6.45, 7) is 20.2. The number of amides is 1. The third-order valence-corrected chi connectivity index (χ3v) is 15.1. The van der Waals surface area contributed by atoms with Crippen LogP contribution in [-0.2, 0) is 14.3 Å². The van der Waals surface area contributed by atoms with Crippen molar-refractivity contribution in [1.82, 2.24) is 5.32 Å². The zero-order valence-corrected chi connectivity index (χ0v) is 29.2. The van der Waals surface area contributed by atoms with Crippen molar-refractivity contribution in [2.75, 3.05) is 13.1 Å². The van der Waals surface area contributed by atoms with Gasteiger partial charge in [0.05, 0.1) is 5.41 Å². The molecule has 0 bridgehead atoms. The highest BCUT2D eigenvalue weighted by molar-refractivity contribution is 5.84. The molecule has 4 saturated carbocycles. The number of allylic oxidation sites excluding steroid dienone is 2. The Balaban J connectivity index is 1.54. The van der Waals surface area contributed by atoms with Crippen molar-refractivity contribution in [3.63, 3.8) is 0 Å². The lowest BCUT2D eigenvalue weighted by Crippen LogP contribution is -2.67. The Labute approximate surface area is 268 Å². The van der Waals surface area contributed by atoms with E-state index in [0.29, 0.717) is 48.5 Å². The summed E-state index contributed by atoms with van der Waals surface area (Å²) in [7, 11) is 0. The zero-order valence-electron chi connectivity index (χ0n) is 29.2. The van der Waals surface area contributed by atoms with E-state index in [9.17, 15) is 9.59 Å². The monoisotopic (exact) mass is 606 g/mol. The fraction of sp³-hybridized carbons (Fsp3) is 0.846. The minimum absolute atomic E-state index is 0.0572. The number of nitrogens with one attached hydrogen (secondary N) is 1. The molecule has 0 aromatic heterocycles. The van der Waals surface area contributed by atoms with E-state index >= 15 is 0 Å². The molecule has 44 heavy (non-hydrogen) atoms. The van der Waals surface area contributed by atoms with Crippen molar-refractivity contribution in [2.24, 2.45) is 68.3 Å². The summed E-state index contributed by atoms with van der Waals surface area (Å²) in [5, 5.41) is 3.40. The molecule has 0 spiro atoms. The summed E-state index contributed by atoms with van der Waals surface area (Å²) in [4.78, 5) is 26.5. The maximum absolute atomic E-state index is 14.2. The van der Waals surface area contributed by atoms with E-state index < -0.39 is 0 Å². The van der Waals surface area contributed by atoms with Gasteiger partial charge in [-0.25, -0.2) is 0 Å². The van der Waals surface area contributed by atoms with Gasteiger partial charge in [0.15, 0.2) is 0 Å². The van der Waals surface area contributed by atoms with Crippen LogP contribution in [0.2, 0.25) is 0 Å². The van der Waals surface area contributed by atoms with E-state index in [4.69, 9.17) is 16.9 Å². The molecule has 5 aliphatic carbocycles. The Morgan fingerprint density at radius 3 is 2.43 bits per heavy atom. The Hall–Kier alpha value is -1.80. The number of carbonyl (C=O) groups excluding carboxylic acids is 2. The lowest BCUT2D eigenvalue weighted by Gasteiger charge is -2.72. The van der Waals surface area contributed by atoms with Crippen LogP contribution >= 0.6 is 0 Å². The summed E-state index contributed by atoms with van der Waals surface area (Å²) in [5.41, 5.74) is 7.19. The first-order valence-electron chi connectivity index (χ1n) is 17.9. The van der Waals surface area contributed by atoms with Crippen LogP contribution in [0.5, 0.6) is 0 Å². The first-order valence-corrected chi connectivity index (χ1v) is 17.9. The van der Waals surface area contributed by atoms with Gasteiger partial charge in [-0.2, -0.15) is 0 Å². The van der Waals surface area contributed by atoms with Crippen LogP contribution in [0, 0.1) is 74.9 Å². The highest BCUT2D eigenvalue weighted by atomic mass is 16.5. The molecule has 0 aliphatic heterocycles. The molecule has 5 rings (SSSR count). The molecule has 246 valence electrons. The maximum Gasteiger partial charge on any atom is 0.302 e. The molecule has 11 atom stereocenters. The van der Waals surface area contributed by atoms with Gasteiger partial charge in [0.2, 0.25) is 5.91 Å². The van der Waals surface area contributed by atoms with Crippen LogP contribution < -0.4 is 11.1 Å². The summed E-state index contributed by atoms with van der Waals surface area (Å²) in [6, 6.07) is 0. The molecule has 0 heterocycles. The summed E-state index contributed by atoms with van der Waals surface area (Å²) >= 11 is 0. The van der Waals surface area contributed by atoms with Gasteiger partial charge < -0.3 is 15.8 Å². The highest BCUT2D eigenvalue weighted by Gasteiger charge is 2.70. The Morgan fingerprint density at radius 1 is 1.05 bits per heavy atom. The Kier molecular flexibility index (Phi) is 8.98. The van der Waals surface area contributed by atoms with Crippen LogP contribution in [0.25, 0.3) is 0 Å². The van der Waals surface area contributed by atoms with Crippen molar-refractivity contribution in [3.8, 4) is 12.3 Å². The van der Waals surface area contributed by atoms with Crippen LogP contribution in [0.4, 0.5) is 0 Å². The molecule has 1 amide bonds. The van der Waals surface area contributed by atoms with Crippen LogP contribution in [0.3, 0.4) is 0 Å². The number of rotatable bonds is 7. The largest absolute Gasteiger partial charge is 0.462 e. The van der Waals surface area contributed by atoms with E-state index in [1.165, 1.54) is 6.42 Å². The predicted molar refractivity (Wildman–Crippen MR) is 178 cm³/mol. The number of terminal acetylenes is 1. The van der Waals surface area contributed by atoms with E-state index in [0.717, 1.165) is 64.3 Å². The molecule has 3 N–H and O–H groups in total. The fourth-order valence-electron chi connectivity index (χ4n) is 12.6. The van der Waals surface area contributed by atoms with Gasteiger partial charge in [-0.15, -0.1) is 12.3 Å². The number of esters is 1. The molecule has 0 saturated heterocycles. The van der Waals surface area contributed by atoms with Gasteiger partial charge in [-0.3, -0.25) is 9.59 Å². The number of carbonyl (C=O) groups is 2. The lowest BCUT2D eigenvalue weighted by atomic mass is 9.32. The molecule has 5 heteroatoms. The third kappa shape index (κ3) is 4.82. The lowest BCUT2D eigenvalue weighted by molar-refractivity contribution is -0.227. The van der Waals surface area contributed by atoms with Gasteiger partial charge in [0, 0.05) is 31.2 Å². The number of nitrogens with two attached hydrogens (primary N) is 1. The van der Waals surface area contributed by atoms with Gasteiger partial charge >= 0.3 is 5.97 Å². The smallest absolute Gasteiger partial charge is 0.302 e. The van der Waals surface area contributed by atoms with E-state index in [2.05, 4.69) is 65.8 Å². The van der Waals surface area contributed by atoms with Crippen LogP contribution in [0.15, 0.2) is 11.6 Å². The third-order valence-electron chi connectivity index (χ3n) is 15.1. The second-order valence-electron chi connectivity index (χ2n) is 17.3. The minimum atomic E-state index is -0.299. The summed E-state index contributed by atoms with van der Waals surface area (Å²) in [6.07, 6.45) is 19.6. The molecule has 5 aliphatic rings. The van der Waals surface area contributed by atoms with E-state index in [1.54, 1.807) is 12.5 Å². The second kappa shape index (κ2) is 11.8. The van der Waals surface area contributed by atoms with Gasteiger partial charge in [0.25, 0.3) is 0 Å². The van der Waals surface area contributed by atoms with Gasteiger partial charge in [-0.05, 0) is 117 Å². The van der Waals surface area contributed by atoms with Crippen LogP contribution in [-0.4, -0.2) is 31.1 Å². The number of hydrogen-bond donors (Lipinski definition) is 2. The molecule has 0 unspecified atom stereocenters. The van der Waals surface area contributed by atoms with Crippen molar-refractivity contribution in [2.45, 2.75) is 132 Å². The average molecular weight is 607 g/mol. The number of ether oxygens (including phenoxy) is 1. The second-order valence-corrected chi connectivity index (χ2v) is 17.3. The van der Waals surface area contributed by atoms with Crippen molar-refractivity contribution in [1.29, 1.82) is 0 Å². The molecule has 0 aromatic rings. The first-order chi connectivity index (χ1) is 20.6. The quantitative estimate of drug-likeness (QED) is 0.135. The number of fused-ring (bicyclic) bond motifs is 7. The molecule has 0 radical (unpaired) electrons. The maximum atomic E-state index is 14.2. The summed E-state index contributed by atoms with van der Waals surface area (Å²) < 4.78 is 6.10. The van der Waals surface area contributed by atoms with Gasteiger partial charge in [0.1, 0.15) is 6.10 Å². The molecular weight excluding hydrogens is 544 g/mol. The van der Waals surface area contributed by atoms with Crippen molar-refractivity contribution in [3.05, 3.63) is 11.6 Å². The van der Waals surface area contributed by atoms with Crippen LogP contribution in [0.1, 0.15) is 126 Å². The number of hydrogen-bond acceptors (Lipinski definition) is 4. The Bertz CT molecular complexity index is 1200. The predicted octanol–water partition coefficient (Wildman–Crippen LogP) is 7.68. The SMILES string of the molecule is C#CC[C@@H]1C[C@]2(C)[C@H]3CC=C4[C@H]5[C@@H](C)[C@H](C)CC[C@]5(C(=O)NCCCCN)CC[C@@]4(C)[C@]3(C)CC[C@H]2C(C)(C)[C@H]1OC(C)=O. The highest BCUT2D eigenvalue weighted by Crippen LogP contribution is 2.76. The van der Waals surface area contributed by atoms with Crippen molar-refractivity contribution < 1.29 is 14.3 Å². The first kappa shape index (κ1) is 33.6. The molecular formula is C39H62N2O3. The van der Waals surface area contributed by atoms with Crippen molar-refractivity contribution >= 4 is 11.9 Å². The normalized spacial score (nSPS) is 45.7. The summed E-state index contributed by atoms with van der Waals surface area (Å²) in [5.74, 6) is 5.60. The Morgan fingerprint density at radius 2 is 1.77 bits per heavy atom. The molecule has 4 fully saturated rings. The minimum Gasteiger partial charge on any atom is -0.462 e. The van der Waals surface area contributed by atoms with E-state index in [-0.39, 0.29) is 45.1 Å². The molecule has 5 nitrogen and oxygen atoms in total. The zero-order chi connectivity index (χ0) is 32.3. The molecule has 0 aromatic carbocycles. The standard InChI is InChI=1S/C39H62N2O3/c1-10-13-28-24-36(7)30(35(5,6)33(28)44-27(4)42)17-18-38(9)31(36)15-14-29-32-26(3)25(2)16-19-39(32,21-20-37(29,38)8)34(43)41-23-12-11-22-40/h1,14,25-26,28,30-33H,11-13,15-24,40H2,2-9H3,(H,41,43)/t25-,26+,28-,30+,31-,32-,33+,36+,37-,38-,39+/m1/s1. The topological polar surface area (TPSA) is 81.4 Å². The number of unbranched alkanes of at least 4 members (excludes halogenated alkanes) is 1.